The lowest BCUT2D eigenvalue weighted by Crippen LogP contribution is -2.47. The van der Waals surface area contributed by atoms with Crippen LogP contribution >= 0.6 is 0 Å². The van der Waals surface area contributed by atoms with E-state index in [-0.39, 0.29) is 5.91 Å². The van der Waals surface area contributed by atoms with Gasteiger partial charge in [-0.3, -0.25) is 9.69 Å². The Morgan fingerprint density at radius 3 is 2.41 bits per heavy atom. The van der Waals surface area contributed by atoms with E-state index in [1.54, 1.807) is 32.4 Å². The molecular formula is C21H27N3O3. The van der Waals surface area contributed by atoms with Gasteiger partial charge in [0.2, 0.25) is 5.91 Å². The van der Waals surface area contributed by atoms with Gasteiger partial charge in [0.25, 0.3) is 0 Å². The van der Waals surface area contributed by atoms with Gasteiger partial charge in [-0.2, -0.15) is 0 Å². The Balaban J connectivity index is 1.45. The van der Waals surface area contributed by atoms with E-state index in [0.29, 0.717) is 23.6 Å². The lowest BCUT2D eigenvalue weighted by Gasteiger charge is -2.36. The Bertz CT molecular complexity index is 744. The summed E-state index contributed by atoms with van der Waals surface area (Å²) in [6.07, 6.45) is 0.459. The van der Waals surface area contributed by atoms with Gasteiger partial charge in [-0.1, -0.05) is 18.2 Å². The number of carbonyl (C=O) groups excluding carboxylic acids is 1. The number of nitrogens with one attached hydrogen (secondary N) is 1. The molecule has 0 radical (unpaired) electrons. The molecule has 1 amide bonds. The maximum absolute atomic E-state index is 12.3. The number of para-hydroxylation sites is 1. The number of methoxy groups -OCH3 is 2. The van der Waals surface area contributed by atoms with E-state index in [1.165, 1.54) is 5.69 Å². The van der Waals surface area contributed by atoms with Gasteiger partial charge in [-0.05, 0) is 24.3 Å². The second-order valence-corrected chi connectivity index (χ2v) is 6.53. The minimum absolute atomic E-state index is 0.0102. The van der Waals surface area contributed by atoms with Gasteiger partial charge < -0.3 is 19.7 Å². The summed E-state index contributed by atoms with van der Waals surface area (Å²) in [5.74, 6) is 1.28. The number of hydrogen-bond donors (Lipinski definition) is 1. The number of amides is 1. The zero-order chi connectivity index (χ0) is 19.1. The van der Waals surface area contributed by atoms with Crippen LogP contribution in [0.3, 0.4) is 0 Å². The van der Waals surface area contributed by atoms with Gasteiger partial charge in [-0.15, -0.1) is 0 Å². The summed E-state index contributed by atoms with van der Waals surface area (Å²) in [6.45, 7) is 4.66. The molecular weight excluding hydrogens is 342 g/mol. The molecule has 0 aliphatic carbocycles. The maximum atomic E-state index is 12.3. The van der Waals surface area contributed by atoms with Crippen molar-refractivity contribution in [3.63, 3.8) is 0 Å². The summed E-state index contributed by atoms with van der Waals surface area (Å²) in [5.41, 5.74) is 1.93. The summed E-state index contributed by atoms with van der Waals surface area (Å²) in [4.78, 5) is 17.1. The van der Waals surface area contributed by atoms with Gasteiger partial charge >= 0.3 is 0 Å². The third-order valence-corrected chi connectivity index (χ3v) is 4.83. The van der Waals surface area contributed by atoms with Gasteiger partial charge in [0, 0.05) is 50.9 Å². The van der Waals surface area contributed by atoms with Crippen molar-refractivity contribution in [3.05, 3.63) is 48.5 Å². The quantitative estimate of drug-likeness (QED) is 0.813. The molecule has 0 bridgehead atoms. The number of rotatable bonds is 7. The van der Waals surface area contributed by atoms with Crippen molar-refractivity contribution >= 4 is 17.3 Å². The van der Waals surface area contributed by atoms with Crippen molar-refractivity contribution in [1.82, 2.24) is 4.90 Å². The molecule has 1 N–H and O–H groups in total. The Kier molecular flexibility index (Phi) is 6.54. The zero-order valence-electron chi connectivity index (χ0n) is 16.0. The van der Waals surface area contributed by atoms with Crippen molar-refractivity contribution in [2.45, 2.75) is 6.42 Å². The first-order chi connectivity index (χ1) is 13.2. The Morgan fingerprint density at radius 1 is 1.00 bits per heavy atom. The number of nitrogens with zero attached hydrogens (tertiary/aromatic N) is 2. The van der Waals surface area contributed by atoms with Gasteiger partial charge in [0.05, 0.1) is 19.9 Å². The number of benzene rings is 2. The highest BCUT2D eigenvalue weighted by Crippen LogP contribution is 2.29. The van der Waals surface area contributed by atoms with Crippen molar-refractivity contribution in [2.75, 3.05) is 57.2 Å². The van der Waals surface area contributed by atoms with Crippen LogP contribution in [0.4, 0.5) is 11.4 Å². The molecule has 1 aliphatic rings. The first kappa shape index (κ1) is 19.0. The van der Waals surface area contributed by atoms with Crippen molar-refractivity contribution in [3.8, 4) is 11.5 Å². The minimum Gasteiger partial charge on any atom is -0.497 e. The summed E-state index contributed by atoms with van der Waals surface area (Å²) < 4.78 is 10.5. The van der Waals surface area contributed by atoms with Crippen molar-refractivity contribution < 1.29 is 14.3 Å². The highest BCUT2D eigenvalue weighted by molar-refractivity contribution is 5.92. The maximum Gasteiger partial charge on any atom is 0.225 e. The second-order valence-electron chi connectivity index (χ2n) is 6.53. The molecule has 0 unspecified atom stereocenters. The fraction of sp³-hybridized carbons (Fsp3) is 0.381. The van der Waals surface area contributed by atoms with Crippen LogP contribution in [0.5, 0.6) is 11.5 Å². The molecule has 1 fully saturated rings. The molecule has 0 atom stereocenters. The van der Waals surface area contributed by atoms with Gasteiger partial charge in [0.15, 0.2) is 0 Å². The molecule has 3 rings (SSSR count). The molecule has 6 nitrogen and oxygen atoms in total. The van der Waals surface area contributed by atoms with E-state index in [4.69, 9.17) is 9.47 Å². The fourth-order valence-electron chi connectivity index (χ4n) is 3.24. The molecule has 2 aromatic carbocycles. The van der Waals surface area contributed by atoms with Crippen LogP contribution in [0.2, 0.25) is 0 Å². The molecule has 6 heteroatoms. The lowest BCUT2D eigenvalue weighted by atomic mass is 10.2. The largest absolute Gasteiger partial charge is 0.497 e. The Labute approximate surface area is 160 Å². The molecule has 144 valence electrons. The zero-order valence-corrected chi connectivity index (χ0v) is 16.0. The average Bonchev–Trinajstić information content (AvgIpc) is 2.73. The third-order valence-electron chi connectivity index (χ3n) is 4.83. The van der Waals surface area contributed by atoms with E-state index < -0.39 is 0 Å². The lowest BCUT2D eigenvalue weighted by molar-refractivity contribution is -0.116. The standard InChI is InChI=1S/C21H27N3O3/c1-26-18-8-9-19(20(16-18)27-2)22-21(25)10-11-23-12-14-24(15-13-23)17-6-4-3-5-7-17/h3-9,16H,10-15H2,1-2H3,(H,22,25). The fourth-order valence-corrected chi connectivity index (χ4v) is 3.24. The highest BCUT2D eigenvalue weighted by atomic mass is 16.5. The molecule has 1 saturated heterocycles. The van der Waals surface area contributed by atoms with E-state index in [0.717, 1.165) is 32.7 Å². The first-order valence-electron chi connectivity index (χ1n) is 9.24. The smallest absolute Gasteiger partial charge is 0.225 e. The Morgan fingerprint density at radius 2 is 1.74 bits per heavy atom. The SMILES string of the molecule is COc1ccc(NC(=O)CCN2CCN(c3ccccc3)CC2)c(OC)c1. The van der Waals surface area contributed by atoms with Crippen molar-refractivity contribution in [2.24, 2.45) is 0 Å². The van der Waals surface area contributed by atoms with Crippen LogP contribution in [0.15, 0.2) is 48.5 Å². The molecule has 0 spiro atoms. The number of hydrogen-bond acceptors (Lipinski definition) is 5. The van der Waals surface area contributed by atoms with Crippen LogP contribution in [0.1, 0.15) is 6.42 Å². The molecule has 1 heterocycles. The van der Waals surface area contributed by atoms with E-state index >= 15 is 0 Å². The first-order valence-corrected chi connectivity index (χ1v) is 9.24. The summed E-state index contributed by atoms with van der Waals surface area (Å²) >= 11 is 0. The van der Waals surface area contributed by atoms with Crippen LogP contribution in [0, 0.1) is 0 Å². The molecule has 2 aromatic rings. The Hall–Kier alpha value is -2.73. The predicted molar refractivity (Wildman–Crippen MR) is 108 cm³/mol. The molecule has 0 saturated carbocycles. The predicted octanol–water partition coefficient (Wildman–Crippen LogP) is 2.85. The van der Waals surface area contributed by atoms with E-state index in [9.17, 15) is 4.79 Å². The summed E-state index contributed by atoms with van der Waals surface area (Å²) in [6, 6.07) is 15.8. The van der Waals surface area contributed by atoms with E-state index in [1.807, 2.05) is 6.07 Å². The minimum atomic E-state index is -0.0102. The second kappa shape index (κ2) is 9.28. The van der Waals surface area contributed by atoms with Gasteiger partial charge in [0.1, 0.15) is 11.5 Å². The number of carbonyl (C=O) groups is 1. The van der Waals surface area contributed by atoms with Crippen LogP contribution in [0.25, 0.3) is 0 Å². The van der Waals surface area contributed by atoms with Crippen LogP contribution < -0.4 is 19.7 Å². The molecule has 0 aromatic heterocycles. The third kappa shape index (κ3) is 5.14. The number of piperazine rings is 1. The number of ether oxygens (including phenoxy) is 2. The topological polar surface area (TPSA) is 54.0 Å². The normalized spacial score (nSPS) is 14.7. The van der Waals surface area contributed by atoms with Crippen LogP contribution in [-0.2, 0) is 4.79 Å². The summed E-state index contributed by atoms with van der Waals surface area (Å²) in [7, 11) is 3.18. The number of anilines is 2. The molecule has 27 heavy (non-hydrogen) atoms. The average molecular weight is 369 g/mol. The van der Waals surface area contributed by atoms with E-state index in [2.05, 4.69) is 39.4 Å². The monoisotopic (exact) mass is 369 g/mol. The van der Waals surface area contributed by atoms with Gasteiger partial charge in [-0.25, -0.2) is 0 Å². The summed E-state index contributed by atoms with van der Waals surface area (Å²) in [5, 5.41) is 2.93. The molecule has 1 aliphatic heterocycles. The highest BCUT2D eigenvalue weighted by Gasteiger charge is 2.18. The van der Waals surface area contributed by atoms with Crippen molar-refractivity contribution in [1.29, 1.82) is 0 Å². The van der Waals surface area contributed by atoms with Crippen LogP contribution in [-0.4, -0.2) is 57.8 Å².